The fraction of sp³-hybridized carbons (Fsp3) is 0.588. The van der Waals surface area contributed by atoms with E-state index < -0.39 is 6.29 Å². The lowest BCUT2D eigenvalue weighted by atomic mass is 10.2. The Bertz CT molecular complexity index is 448. The first-order valence-corrected chi connectivity index (χ1v) is 8.10. The number of para-hydroxylation sites is 1. The minimum absolute atomic E-state index is 0.231. The molecule has 130 valence electrons. The van der Waals surface area contributed by atoms with Crippen LogP contribution in [0.15, 0.2) is 24.3 Å². The molecule has 0 atom stereocenters. The largest absolute Gasteiger partial charge is 0.493 e. The number of hydrogen-bond acceptors (Lipinski definition) is 4. The van der Waals surface area contributed by atoms with E-state index in [2.05, 4.69) is 10.6 Å². The quantitative estimate of drug-likeness (QED) is 0.485. The van der Waals surface area contributed by atoms with Crippen molar-refractivity contribution >= 4 is 6.03 Å². The maximum absolute atomic E-state index is 11.7. The first-order chi connectivity index (χ1) is 11.2. The third kappa shape index (κ3) is 8.42. The van der Waals surface area contributed by atoms with Crippen LogP contribution >= 0.6 is 0 Å². The van der Waals surface area contributed by atoms with Gasteiger partial charge in [-0.05, 0) is 38.8 Å². The molecule has 6 heteroatoms. The van der Waals surface area contributed by atoms with E-state index in [1.807, 2.05) is 45.0 Å². The second kappa shape index (κ2) is 11.7. The van der Waals surface area contributed by atoms with Gasteiger partial charge in [0.1, 0.15) is 5.75 Å². The van der Waals surface area contributed by atoms with E-state index in [0.29, 0.717) is 32.9 Å². The molecule has 2 amide bonds. The third-order valence-electron chi connectivity index (χ3n) is 3.09. The van der Waals surface area contributed by atoms with Crippen LogP contribution in [0.4, 0.5) is 4.79 Å². The van der Waals surface area contributed by atoms with Crippen molar-refractivity contribution in [2.75, 3.05) is 32.9 Å². The molecule has 23 heavy (non-hydrogen) atoms. The summed E-state index contributed by atoms with van der Waals surface area (Å²) >= 11 is 0. The Morgan fingerprint density at radius 2 is 1.83 bits per heavy atom. The zero-order chi connectivity index (χ0) is 16.9. The topological polar surface area (TPSA) is 68.8 Å². The molecule has 0 aromatic heterocycles. The Labute approximate surface area is 138 Å². The molecule has 1 aromatic carbocycles. The highest BCUT2D eigenvalue weighted by Crippen LogP contribution is 2.15. The van der Waals surface area contributed by atoms with Crippen LogP contribution in [0, 0.1) is 6.92 Å². The molecule has 1 aromatic rings. The smallest absolute Gasteiger partial charge is 0.314 e. The summed E-state index contributed by atoms with van der Waals surface area (Å²) in [4.78, 5) is 11.7. The van der Waals surface area contributed by atoms with E-state index in [9.17, 15) is 4.79 Å². The number of nitrogens with one attached hydrogen (secondary N) is 2. The Hall–Kier alpha value is -1.79. The van der Waals surface area contributed by atoms with E-state index in [4.69, 9.17) is 14.2 Å². The molecule has 2 N–H and O–H groups in total. The number of amides is 2. The van der Waals surface area contributed by atoms with Crippen LogP contribution in [0.1, 0.15) is 25.8 Å². The number of benzene rings is 1. The number of urea groups is 1. The molecule has 0 saturated heterocycles. The van der Waals surface area contributed by atoms with Gasteiger partial charge in [-0.15, -0.1) is 0 Å². The molecule has 0 bridgehead atoms. The molecule has 0 spiro atoms. The van der Waals surface area contributed by atoms with Gasteiger partial charge in [-0.1, -0.05) is 18.2 Å². The number of aryl methyl sites for hydroxylation is 1. The van der Waals surface area contributed by atoms with Crippen LogP contribution in [-0.4, -0.2) is 45.2 Å². The van der Waals surface area contributed by atoms with Crippen LogP contribution in [0.2, 0.25) is 0 Å². The van der Waals surface area contributed by atoms with Crippen LogP contribution < -0.4 is 15.4 Å². The molecule has 0 radical (unpaired) electrons. The lowest BCUT2D eigenvalue weighted by Crippen LogP contribution is -2.41. The molecule has 0 aliphatic heterocycles. The van der Waals surface area contributed by atoms with Crippen molar-refractivity contribution in [2.45, 2.75) is 33.5 Å². The first kappa shape index (κ1) is 19.3. The van der Waals surface area contributed by atoms with Crippen LogP contribution in [0.25, 0.3) is 0 Å². The van der Waals surface area contributed by atoms with Gasteiger partial charge in [0, 0.05) is 19.8 Å². The molecule has 0 aliphatic carbocycles. The van der Waals surface area contributed by atoms with Crippen molar-refractivity contribution < 1.29 is 19.0 Å². The summed E-state index contributed by atoms with van der Waals surface area (Å²) in [6.45, 7) is 8.31. The first-order valence-electron chi connectivity index (χ1n) is 8.10. The lowest BCUT2D eigenvalue weighted by molar-refractivity contribution is -0.131. The normalized spacial score (nSPS) is 10.6. The van der Waals surface area contributed by atoms with Crippen molar-refractivity contribution in [3.05, 3.63) is 29.8 Å². The highest BCUT2D eigenvalue weighted by molar-refractivity contribution is 5.73. The Kier molecular flexibility index (Phi) is 9.83. The van der Waals surface area contributed by atoms with Crippen LogP contribution in [0.5, 0.6) is 5.75 Å². The second-order valence-corrected chi connectivity index (χ2v) is 4.94. The van der Waals surface area contributed by atoms with E-state index in [-0.39, 0.29) is 6.03 Å². The summed E-state index contributed by atoms with van der Waals surface area (Å²) < 4.78 is 16.4. The van der Waals surface area contributed by atoms with Gasteiger partial charge in [0.2, 0.25) is 0 Å². The minimum Gasteiger partial charge on any atom is -0.493 e. The summed E-state index contributed by atoms with van der Waals surface area (Å²) in [5.41, 5.74) is 1.11. The van der Waals surface area contributed by atoms with Gasteiger partial charge in [-0.2, -0.15) is 0 Å². The van der Waals surface area contributed by atoms with Crippen molar-refractivity contribution in [2.24, 2.45) is 0 Å². The average Bonchev–Trinajstić information content (AvgIpc) is 2.54. The molecule has 0 fully saturated rings. The van der Waals surface area contributed by atoms with Crippen LogP contribution in [0.3, 0.4) is 0 Å². The standard InChI is InChI=1S/C17H28N2O4/c1-4-21-16(22-5-2)13-19-17(20)18-11-8-12-23-15-10-7-6-9-14(15)3/h6-7,9-10,16H,4-5,8,11-13H2,1-3H3,(H2,18,19,20). The zero-order valence-electron chi connectivity index (χ0n) is 14.3. The predicted molar refractivity (Wildman–Crippen MR) is 89.7 cm³/mol. The van der Waals surface area contributed by atoms with Gasteiger partial charge in [-0.3, -0.25) is 0 Å². The molecule has 0 heterocycles. The number of hydrogen-bond donors (Lipinski definition) is 2. The van der Waals surface area contributed by atoms with Gasteiger partial charge in [0.05, 0.1) is 13.2 Å². The van der Waals surface area contributed by atoms with Gasteiger partial charge >= 0.3 is 6.03 Å². The number of carbonyl (C=O) groups is 1. The second-order valence-electron chi connectivity index (χ2n) is 4.94. The molecular formula is C17H28N2O4. The van der Waals surface area contributed by atoms with E-state index in [1.54, 1.807) is 0 Å². The molecule has 0 unspecified atom stereocenters. The maximum atomic E-state index is 11.7. The summed E-state index contributed by atoms with van der Waals surface area (Å²) in [6, 6.07) is 7.64. The number of rotatable bonds is 11. The van der Waals surface area contributed by atoms with Crippen molar-refractivity contribution in [3.8, 4) is 5.75 Å². The van der Waals surface area contributed by atoms with Crippen molar-refractivity contribution in [1.82, 2.24) is 10.6 Å². The molecular weight excluding hydrogens is 296 g/mol. The van der Waals surface area contributed by atoms with Gasteiger partial charge in [-0.25, -0.2) is 4.79 Å². The summed E-state index contributed by atoms with van der Waals surface area (Å²) in [5.74, 6) is 0.883. The highest BCUT2D eigenvalue weighted by atomic mass is 16.7. The Balaban J connectivity index is 2.10. The van der Waals surface area contributed by atoms with Gasteiger partial charge in [0.15, 0.2) is 6.29 Å². The SMILES string of the molecule is CCOC(CNC(=O)NCCCOc1ccccc1C)OCC. The van der Waals surface area contributed by atoms with Gasteiger partial charge in [0.25, 0.3) is 0 Å². The maximum Gasteiger partial charge on any atom is 0.314 e. The monoisotopic (exact) mass is 324 g/mol. The average molecular weight is 324 g/mol. The zero-order valence-corrected chi connectivity index (χ0v) is 14.3. The summed E-state index contributed by atoms with van der Waals surface area (Å²) in [7, 11) is 0. The Morgan fingerprint density at radius 1 is 1.13 bits per heavy atom. The lowest BCUT2D eigenvalue weighted by Gasteiger charge is -2.17. The van der Waals surface area contributed by atoms with Crippen molar-refractivity contribution in [3.63, 3.8) is 0 Å². The molecule has 0 aliphatic rings. The molecule has 1 rings (SSSR count). The third-order valence-corrected chi connectivity index (χ3v) is 3.09. The minimum atomic E-state index is -0.403. The summed E-state index contributed by atoms with van der Waals surface area (Å²) in [5, 5.41) is 5.51. The van der Waals surface area contributed by atoms with E-state index >= 15 is 0 Å². The Morgan fingerprint density at radius 3 is 2.48 bits per heavy atom. The number of ether oxygens (including phenoxy) is 3. The summed E-state index contributed by atoms with van der Waals surface area (Å²) in [6.07, 6.45) is 0.336. The fourth-order valence-corrected chi connectivity index (χ4v) is 1.95. The molecule has 0 saturated carbocycles. The van der Waals surface area contributed by atoms with Crippen LogP contribution in [-0.2, 0) is 9.47 Å². The molecule has 6 nitrogen and oxygen atoms in total. The predicted octanol–water partition coefficient (Wildman–Crippen LogP) is 2.46. The highest BCUT2D eigenvalue weighted by Gasteiger charge is 2.09. The number of carbonyl (C=O) groups excluding carboxylic acids is 1. The van der Waals surface area contributed by atoms with Crippen molar-refractivity contribution in [1.29, 1.82) is 0 Å². The van der Waals surface area contributed by atoms with Gasteiger partial charge < -0.3 is 24.8 Å². The van der Waals surface area contributed by atoms with E-state index in [0.717, 1.165) is 17.7 Å². The van der Waals surface area contributed by atoms with E-state index in [1.165, 1.54) is 0 Å². The fourth-order valence-electron chi connectivity index (χ4n) is 1.95.